The summed E-state index contributed by atoms with van der Waals surface area (Å²) in [5, 5.41) is 6.72. The molecule has 7 nitrogen and oxygen atoms in total. The van der Waals surface area contributed by atoms with Gasteiger partial charge in [0.15, 0.2) is 0 Å². The number of hydrogen-bond donors (Lipinski definition) is 2. The van der Waals surface area contributed by atoms with E-state index in [1.165, 1.54) is 10.1 Å². The number of nitrogens with one attached hydrogen (secondary N) is 2. The highest BCUT2D eigenvalue weighted by molar-refractivity contribution is 6.31. The molecule has 3 aromatic rings. The van der Waals surface area contributed by atoms with Crippen molar-refractivity contribution in [2.45, 2.75) is 52.0 Å². The highest BCUT2D eigenvalue weighted by atomic mass is 35.5. The molecule has 0 fully saturated rings. The van der Waals surface area contributed by atoms with E-state index in [1.807, 2.05) is 43.3 Å². The summed E-state index contributed by atoms with van der Waals surface area (Å²) < 4.78 is 6.77. The maximum absolute atomic E-state index is 13.2. The molecule has 0 saturated heterocycles. The minimum Gasteiger partial charge on any atom is -0.465 e. The number of aryl methyl sites for hydroxylation is 1. The predicted octanol–water partition coefficient (Wildman–Crippen LogP) is 5.85. The molecule has 0 aliphatic carbocycles. The van der Waals surface area contributed by atoms with Crippen LogP contribution in [0.2, 0.25) is 5.02 Å². The van der Waals surface area contributed by atoms with Crippen molar-refractivity contribution in [3.05, 3.63) is 76.1 Å². The fourth-order valence-electron chi connectivity index (χ4n) is 4.09. The second-order valence-corrected chi connectivity index (χ2v) is 9.87. The molecule has 1 amide bonds. The fourth-order valence-corrected chi connectivity index (χ4v) is 4.27. The molecule has 2 unspecified atom stereocenters. The number of anilines is 2. The Morgan fingerprint density at radius 3 is 2.53 bits per heavy atom. The van der Waals surface area contributed by atoms with Crippen molar-refractivity contribution in [2.24, 2.45) is 0 Å². The molecular formula is C26H29ClN4O3. The molecule has 1 aromatic heterocycles. The van der Waals surface area contributed by atoms with Gasteiger partial charge in [0.25, 0.3) is 0 Å². The van der Waals surface area contributed by atoms with Crippen LogP contribution < -0.4 is 10.6 Å². The van der Waals surface area contributed by atoms with Crippen LogP contribution in [0.5, 0.6) is 0 Å². The lowest BCUT2D eigenvalue weighted by Crippen LogP contribution is -2.45. The van der Waals surface area contributed by atoms with Crippen molar-refractivity contribution in [3.8, 4) is 0 Å². The van der Waals surface area contributed by atoms with Gasteiger partial charge in [-0.1, -0.05) is 62.7 Å². The van der Waals surface area contributed by atoms with Gasteiger partial charge >= 0.3 is 12.0 Å². The van der Waals surface area contributed by atoms with Gasteiger partial charge in [0.1, 0.15) is 5.92 Å². The summed E-state index contributed by atoms with van der Waals surface area (Å²) in [6, 6.07) is 12.5. The SMILES string of the molecule is CCOC(=O)C1c2cnc(Nc3ccc(C)c(Cl)c3)n2C(=O)NC1c1ccc(C(C)(C)C)cc1. The van der Waals surface area contributed by atoms with Crippen LogP contribution in [0.4, 0.5) is 16.4 Å². The Hall–Kier alpha value is -3.32. The van der Waals surface area contributed by atoms with Crippen LogP contribution in [-0.4, -0.2) is 28.2 Å². The van der Waals surface area contributed by atoms with Crippen molar-refractivity contribution in [3.63, 3.8) is 0 Å². The molecule has 178 valence electrons. The van der Waals surface area contributed by atoms with Gasteiger partial charge in [-0.2, -0.15) is 0 Å². The van der Waals surface area contributed by atoms with Gasteiger partial charge < -0.3 is 15.4 Å². The third kappa shape index (κ3) is 4.53. The zero-order valence-electron chi connectivity index (χ0n) is 20.0. The number of halogens is 1. The molecule has 8 heteroatoms. The number of carbonyl (C=O) groups is 2. The second kappa shape index (κ2) is 9.14. The molecule has 0 spiro atoms. The number of carbonyl (C=O) groups excluding carboxylic acids is 2. The monoisotopic (exact) mass is 480 g/mol. The van der Waals surface area contributed by atoms with E-state index in [0.29, 0.717) is 22.4 Å². The summed E-state index contributed by atoms with van der Waals surface area (Å²) in [7, 11) is 0. The molecule has 0 bridgehead atoms. The number of imidazole rings is 1. The highest BCUT2D eigenvalue weighted by Gasteiger charge is 2.42. The first-order chi connectivity index (χ1) is 16.1. The molecule has 0 saturated carbocycles. The van der Waals surface area contributed by atoms with Crippen molar-refractivity contribution in [2.75, 3.05) is 11.9 Å². The summed E-state index contributed by atoms with van der Waals surface area (Å²) in [5.74, 6) is -0.871. The van der Waals surface area contributed by atoms with E-state index >= 15 is 0 Å². The summed E-state index contributed by atoms with van der Waals surface area (Å²) >= 11 is 6.24. The lowest BCUT2D eigenvalue weighted by atomic mass is 9.84. The molecule has 1 aliphatic rings. The highest BCUT2D eigenvalue weighted by Crippen LogP contribution is 2.38. The Kier molecular flexibility index (Phi) is 6.41. The number of ether oxygens (including phenoxy) is 1. The summed E-state index contributed by atoms with van der Waals surface area (Å²) in [6.45, 7) is 10.3. The Morgan fingerprint density at radius 1 is 1.21 bits per heavy atom. The zero-order chi connectivity index (χ0) is 24.6. The number of rotatable bonds is 5. The molecule has 4 rings (SSSR count). The number of esters is 1. The van der Waals surface area contributed by atoms with Gasteiger partial charge in [0, 0.05) is 10.7 Å². The normalized spacial score (nSPS) is 17.6. The summed E-state index contributed by atoms with van der Waals surface area (Å²) in [4.78, 5) is 30.7. The van der Waals surface area contributed by atoms with Crippen molar-refractivity contribution < 1.29 is 14.3 Å². The van der Waals surface area contributed by atoms with Gasteiger partial charge in [0.05, 0.1) is 24.5 Å². The van der Waals surface area contributed by atoms with Crippen LogP contribution in [0.3, 0.4) is 0 Å². The molecular weight excluding hydrogens is 452 g/mol. The number of fused-ring (bicyclic) bond motifs is 1. The van der Waals surface area contributed by atoms with Crippen LogP contribution >= 0.6 is 11.6 Å². The third-order valence-corrected chi connectivity index (χ3v) is 6.43. The minimum absolute atomic E-state index is 0.00699. The lowest BCUT2D eigenvalue weighted by Gasteiger charge is -2.32. The Labute approximate surface area is 204 Å². The lowest BCUT2D eigenvalue weighted by molar-refractivity contribution is -0.146. The van der Waals surface area contributed by atoms with Crippen molar-refractivity contribution >= 4 is 35.2 Å². The minimum atomic E-state index is -0.747. The number of aromatic nitrogens is 2. The second-order valence-electron chi connectivity index (χ2n) is 9.46. The molecule has 1 aliphatic heterocycles. The Morgan fingerprint density at radius 2 is 1.91 bits per heavy atom. The van der Waals surface area contributed by atoms with Gasteiger partial charge in [-0.3, -0.25) is 4.79 Å². The van der Waals surface area contributed by atoms with Gasteiger partial charge in [-0.25, -0.2) is 14.3 Å². The van der Waals surface area contributed by atoms with Crippen LogP contribution in [0.1, 0.15) is 62.0 Å². The van der Waals surface area contributed by atoms with E-state index in [-0.39, 0.29) is 18.1 Å². The van der Waals surface area contributed by atoms with Crippen LogP contribution in [0.15, 0.2) is 48.7 Å². The van der Waals surface area contributed by atoms with E-state index in [1.54, 1.807) is 19.2 Å². The van der Waals surface area contributed by atoms with E-state index < -0.39 is 17.9 Å². The quantitative estimate of drug-likeness (QED) is 0.448. The topological polar surface area (TPSA) is 85.2 Å². The fraction of sp³-hybridized carbons (Fsp3) is 0.346. The maximum atomic E-state index is 13.2. The first-order valence-corrected chi connectivity index (χ1v) is 11.7. The first kappa shape index (κ1) is 23.8. The van der Waals surface area contributed by atoms with E-state index in [0.717, 1.165) is 11.1 Å². The van der Waals surface area contributed by atoms with Crippen molar-refractivity contribution in [1.82, 2.24) is 14.9 Å². The van der Waals surface area contributed by atoms with E-state index in [4.69, 9.17) is 16.3 Å². The number of nitrogens with zero attached hydrogens (tertiary/aromatic N) is 2. The number of benzene rings is 2. The van der Waals surface area contributed by atoms with Gasteiger partial charge in [-0.15, -0.1) is 0 Å². The number of amides is 1. The summed E-state index contributed by atoms with van der Waals surface area (Å²) in [5.41, 5.74) is 4.08. The van der Waals surface area contributed by atoms with Crippen LogP contribution in [-0.2, 0) is 14.9 Å². The van der Waals surface area contributed by atoms with Crippen LogP contribution in [0.25, 0.3) is 0 Å². The standard InChI is InChI=1S/C26H29ClN4O3/c1-6-34-23(32)21-20-14-28-24(29-18-12-7-15(2)19(27)13-18)31(20)25(33)30-22(21)16-8-10-17(11-9-16)26(3,4)5/h7-14,21-22H,6H2,1-5H3,(H,28,29)(H,30,33). The predicted molar refractivity (Wildman–Crippen MR) is 133 cm³/mol. The average Bonchev–Trinajstić information content (AvgIpc) is 3.20. The maximum Gasteiger partial charge on any atom is 0.329 e. The van der Waals surface area contributed by atoms with E-state index in [2.05, 4.69) is 36.4 Å². The van der Waals surface area contributed by atoms with Gasteiger partial charge in [-0.05, 0) is 48.1 Å². The number of hydrogen-bond acceptors (Lipinski definition) is 5. The molecule has 34 heavy (non-hydrogen) atoms. The molecule has 0 radical (unpaired) electrons. The third-order valence-electron chi connectivity index (χ3n) is 6.03. The van der Waals surface area contributed by atoms with Gasteiger partial charge in [0.2, 0.25) is 5.95 Å². The largest absolute Gasteiger partial charge is 0.465 e. The smallest absolute Gasteiger partial charge is 0.329 e. The average molecular weight is 481 g/mol. The molecule has 2 aromatic carbocycles. The zero-order valence-corrected chi connectivity index (χ0v) is 20.7. The molecule has 2 heterocycles. The molecule has 2 atom stereocenters. The van der Waals surface area contributed by atoms with Crippen LogP contribution in [0, 0.1) is 6.92 Å². The Balaban J connectivity index is 1.73. The van der Waals surface area contributed by atoms with Crippen molar-refractivity contribution in [1.29, 1.82) is 0 Å². The van der Waals surface area contributed by atoms with E-state index in [9.17, 15) is 9.59 Å². The first-order valence-electron chi connectivity index (χ1n) is 11.3. The molecule has 2 N–H and O–H groups in total. The Bertz CT molecular complexity index is 1230. The summed E-state index contributed by atoms with van der Waals surface area (Å²) in [6.07, 6.45) is 1.55.